The van der Waals surface area contributed by atoms with Crippen molar-refractivity contribution in [3.63, 3.8) is 0 Å². The van der Waals surface area contributed by atoms with Crippen LogP contribution in [0.15, 0.2) is 48.5 Å². The fourth-order valence-electron chi connectivity index (χ4n) is 4.30. The van der Waals surface area contributed by atoms with E-state index in [4.69, 9.17) is 31.9 Å². The number of carbonyl (C=O) groups is 5. The third-order valence-corrected chi connectivity index (χ3v) is 8.40. The maximum Gasteiger partial charge on any atom is 1.00 e. The number of rotatable bonds is 6. The largest absolute Gasteiger partial charge is 1.00 e. The van der Waals surface area contributed by atoms with Gasteiger partial charge in [0.05, 0.1) is 26.5 Å². The first-order valence-corrected chi connectivity index (χ1v) is 18.0. The summed E-state index contributed by atoms with van der Waals surface area (Å²) in [6, 6.07) is 14.6. The van der Waals surface area contributed by atoms with Gasteiger partial charge in [0.25, 0.3) is 18.0 Å². The number of carbonyl (C=O) groups excluding carboxylic acids is 3. The maximum atomic E-state index is 11.7. The number of fused-ring (bicyclic) bond motifs is 2. The molecule has 0 unspecified atom stereocenters. The SMILES string of the molecule is Clc1nc2ccccc2s1.O=C(O)C(=O)[C@@H]1CCCN1.O=C(O)C(=O)[C@@H]1CCCN1c1nc2ccccc2s1.O=CO[O-].[Cu][I].[H-].[K+].[K+]. The number of carboxylic acid groups (broad SMARTS) is 2. The van der Waals surface area contributed by atoms with Crippen LogP contribution in [0.4, 0.5) is 5.13 Å². The summed E-state index contributed by atoms with van der Waals surface area (Å²) in [4.78, 5) is 65.0. The monoisotopic (exact) mass is 918 g/mol. The van der Waals surface area contributed by atoms with Crippen molar-refractivity contribution >= 4 is 110 Å². The quantitative estimate of drug-likeness (QED) is 0.0467. The fraction of sp³-hybridized carbons (Fsp3) is 0.296. The van der Waals surface area contributed by atoms with Crippen LogP contribution in [0.5, 0.6) is 0 Å². The van der Waals surface area contributed by atoms with Crippen molar-refractivity contribution < 1.29 is 161 Å². The molecule has 2 aliphatic rings. The van der Waals surface area contributed by atoms with Gasteiger partial charge in [-0.05, 0) is 56.5 Å². The van der Waals surface area contributed by atoms with Crippen LogP contribution in [0, 0.1) is 0 Å². The molecule has 13 nitrogen and oxygen atoms in total. The first kappa shape index (κ1) is 47.5. The molecule has 0 radical (unpaired) electrons. The zero-order chi connectivity index (χ0) is 33.4. The van der Waals surface area contributed by atoms with Gasteiger partial charge >= 0.3 is 148 Å². The number of hydrogen-bond donors (Lipinski definition) is 3. The third kappa shape index (κ3) is 15.7. The molecular formula is C27H27ClCuIK2N4O9S2. The molecule has 248 valence electrons. The van der Waals surface area contributed by atoms with Gasteiger partial charge in [-0.1, -0.05) is 47.2 Å². The third-order valence-electron chi connectivity index (χ3n) is 6.19. The summed E-state index contributed by atoms with van der Waals surface area (Å²) in [5.41, 5.74) is 1.87. The van der Waals surface area contributed by atoms with Crippen LogP contribution in [0.2, 0.25) is 4.47 Å². The summed E-state index contributed by atoms with van der Waals surface area (Å²) in [6.45, 7) is 1.26. The normalized spacial score (nSPS) is 15.7. The van der Waals surface area contributed by atoms with Crippen LogP contribution in [-0.2, 0) is 41.6 Å². The van der Waals surface area contributed by atoms with Crippen molar-refractivity contribution in [2.45, 2.75) is 37.8 Å². The number of halogens is 2. The minimum Gasteiger partial charge on any atom is -1.00 e. The molecule has 4 aromatic rings. The van der Waals surface area contributed by atoms with E-state index < -0.39 is 35.6 Å². The van der Waals surface area contributed by atoms with Crippen molar-refractivity contribution in [3.8, 4) is 0 Å². The Kier molecular flexibility index (Phi) is 26.6. The zero-order valence-electron chi connectivity index (χ0n) is 26.1. The second-order valence-electron chi connectivity index (χ2n) is 8.93. The smallest absolute Gasteiger partial charge is 1.00 e. The van der Waals surface area contributed by atoms with Gasteiger partial charge in [-0.3, -0.25) is 14.4 Å². The van der Waals surface area contributed by atoms with Crippen LogP contribution in [0.3, 0.4) is 0 Å². The number of ketones is 2. The molecule has 20 heteroatoms. The topological polar surface area (TPSA) is 199 Å². The predicted octanol–water partition coefficient (Wildman–Crippen LogP) is -2.30. The van der Waals surface area contributed by atoms with Gasteiger partial charge in [0.15, 0.2) is 9.60 Å². The Morgan fingerprint density at radius 2 is 1.49 bits per heavy atom. The van der Waals surface area contributed by atoms with Gasteiger partial charge in [0, 0.05) is 6.54 Å². The molecule has 2 aliphatic heterocycles. The molecule has 2 saturated heterocycles. The Bertz CT molecular complexity index is 1540. The van der Waals surface area contributed by atoms with Crippen molar-refractivity contribution in [1.82, 2.24) is 15.3 Å². The summed E-state index contributed by atoms with van der Waals surface area (Å²) in [5, 5.41) is 29.1. The van der Waals surface area contributed by atoms with Crippen LogP contribution in [0.1, 0.15) is 27.1 Å². The standard InChI is InChI=1S/C13H12N2O3S.C7H4ClNS.C6H9NO3.CH2O3.Cu.HI.2K.H/c16-11(12(17)18)9-5-3-7-15(9)13-14-8-4-1-2-6-10(8)19-13;8-7-9-5-3-1-2-4-6(5)10-7;8-5(6(9)10)4-2-1-3-7-4;2-1-4-3;;;;;/h1-2,4,6,9H,3,5,7H2,(H,17,18);1-4H;4,7H,1-3H2,(H,9,10);1,3H;;1H;;;/q;;;;+1;;2*+1;-1/p-2/t9-;;4-;;;;;;/m0.0....../s1. The van der Waals surface area contributed by atoms with E-state index in [0.717, 1.165) is 45.0 Å². The second kappa shape index (κ2) is 26.3. The van der Waals surface area contributed by atoms with Gasteiger partial charge < -0.3 is 32.0 Å². The number of benzene rings is 2. The number of aliphatic carboxylic acids is 2. The molecule has 2 atom stereocenters. The van der Waals surface area contributed by atoms with Crippen LogP contribution < -0.4 is 118 Å². The minimum atomic E-state index is -1.36. The molecule has 2 fully saturated rings. The maximum absolute atomic E-state index is 11.7. The van der Waals surface area contributed by atoms with Gasteiger partial charge in [-0.15, -0.1) is 11.3 Å². The van der Waals surface area contributed by atoms with E-state index in [9.17, 15) is 19.2 Å². The van der Waals surface area contributed by atoms with Gasteiger partial charge in [-0.25, -0.2) is 19.6 Å². The number of nitrogens with one attached hydrogen (secondary N) is 1. The Labute approximate surface area is 388 Å². The number of nitrogens with zero attached hydrogens (tertiary/aromatic N) is 3. The Morgan fingerprint density at radius 1 is 0.957 bits per heavy atom. The average molecular weight is 920 g/mol. The predicted molar refractivity (Wildman–Crippen MR) is 173 cm³/mol. The first-order valence-electron chi connectivity index (χ1n) is 12.9. The molecule has 2 aromatic heterocycles. The van der Waals surface area contributed by atoms with Crippen LogP contribution in [-0.4, -0.2) is 75.3 Å². The molecule has 4 heterocycles. The molecule has 6 rings (SSSR count). The zero-order valence-corrected chi connectivity index (χ0v) is 36.8. The first-order chi connectivity index (χ1) is 21.7. The molecule has 3 N–H and O–H groups in total. The number of thiazole rings is 2. The molecular weight excluding hydrogens is 893 g/mol. The van der Waals surface area contributed by atoms with Gasteiger partial charge in [0.2, 0.25) is 0 Å². The summed E-state index contributed by atoms with van der Waals surface area (Å²) < 4.78 is 2.81. The number of aromatic nitrogens is 2. The van der Waals surface area contributed by atoms with Crippen LogP contribution >= 0.6 is 54.6 Å². The second-order valence-corrected chi connectivity index (χ2v) is 11.6. The van der Waals surface area contributed by atoms with Gasteiger partial charge in [-0.2, -0.15) is 0 Å². The van der Waals surface area contributed by atoms with E-state index in [2.05, 4.69) is 32.9 Å². The summed E-state index contributed by atoms with van der Waals surface area (Å²) >= 11 is 14.6. The molecule has 0 bridgehead atoms. The number of carboxylic acids is 2. The summed E-state index contributed by atoms with van der Waals surface area (Å²) in [5.74, 6) is -4.15. The van der Waals surface area contributed by atoms with Crippen molar-refractivity contribution in [1.29, 1.82) is 0 Å². The minimum absolute atomic E-state index is 0. The van der Waals surface area contributed by atoms with Gasteiger partial charge in [0.1, 0.15) is 6.04 Å². The summed E-state index contributed by atoms with van der Waals surface area (Å²) in [7, 11) is 0. The Balaban J connectivity index is 0. The number of Topliss-reactive ketones (excluding diaryl/α,β-unsaturated/α-hetero) is 2. The van der Waals surface area contributed by atoms with E-state index in [0.29, 0.717) is 23.9 Å². The average Bonchev–Trinajstić information content (AvgIpc) is 3.87. The number of anilines is 1. The molecule has 0 saturated carbocycles. The van der Waals surface area contributed by atoms with E-state index in [1.54, 1.807) is 20.3 Å². The Morgan fingerprint density at radius 3 is 1.96 bits per heavy atom. The molecule has 0 spiro atoms. The van der Waals surface area contributed by atoms with Crippen molar-refractivity contribution in [3.05, 3.63) is 53.0 Å². The Hall–Kier alpha value is 0.502. The molecule has 0 amide bonds. The van der Waals surface area contributed by atoms with E-state index >= 15 is 0 Å². The molecule has 2 aromatic carbocycles. The van der Waals surface area contributed by atoms with E-state index in [1.807, 2.05) is 53.4 Å². The number of hydrogen-bond acceptors (Lipinski definition) is 13. The molecule has 0 aliphatic carbocycles. The van der Waals surface area contributed by atoms with E-state index in [1.165, 1.54) is 22.7 Å². The number of para-hydroxylation sites is 2. The fourth-order valence-corrected chi connectivity index (χ4v) is 6.37. The van der Waals surface area contributed by atoms with Crippen molar-refractivity contribution in [2.24, 2.45) is 0 Å². The molecule has 47 heavy (non-hydrogen) atoms. The van der Waals surface area contributed by atoms with Crippen LogP contribution in [0.25, 0.3) is 20.4 Å². The van der Waals surface area contributed by atoms with E-state index in [-0.39, 0.29) is 111 Å². The summed E-state index contributed by atoms with van der Waals surface area (Å²) in [6.07, 6.45) is 2.95. The van der Waals surface area contributed by atoms with Crippen molar-refractivity contribution in [2.75, 3.05) is 18.0 Å².